The number of methoxy groups -OCH3 is 1. The number of rotatable bonds is 6. The molecule has 1 heterocycles. The van der Waals surface area contributed by atoms with Gasteiger partial charge in [-0.3, -0.25) is 14.6 Å². The molecule has 24 heavy (non-hydrogen) atoms. The molecule has 3 rings (SSSR count). The average molecular weight is 324 g/mol. The van der Waals surface area contributed by atoms with Gasteiger partial charge in [0, 0.05) is 38.3 Å². The Bertz CT molecular complexity index is 664. The van der Waals surface area contributed by atoms with E-state index in [1.807, 2.05) is 42.5 Å². The molecule has 1 aliphatic rings. The second kappa shape index (κ2) is 8.08. The molecule has 0 aliphatic carbocycles. The number of carbonyl (C=O) groups excluding carboxylic acids is 1. The van der Waals surface area contributed by atoms with Gasteiger partial charge in [-0.05, 0) is 17.7 Å². The first-order valence-electron chi connectivity index (χ1n) is 8.40. The van der Waals surface area contributed by atoms with Gasteiger partial charge >= 0.3 is 0 Å². The van der Waals surface area contributed by atoms with Crippen molar-refractivity contribution < 1.29 is 9.53 Å². The molecule has 4 nitrogen and oxygen atoms in total. The Hall–Kier alpha value is -2.17. The fraction of sp³-hybridized carbons (Fsp3) is 0.350. The number of ether oxygens (including phenoxy) is 1. The molecule has 0 saturated carbocycles. The summed E-state index contributed by atoms with van der Waals surface area (Å²) in [6.45, 7) is 5.28. The van der Waals surface area contributed by atoms with Gasteiger partial charge in [-0.1, -0.05) is 42.5 Å². The number of hydrogen-bond donors (Lipinski definition) is 0. The molecule has 0 unspecified atom stereocenters. The lowest BCUT2D eigenvalue weighted by Crippen LogP contribution is -2.47. The van der Waals surface area contributed by atoms with E-state index in [9.17, 15) is 4.79 Å². The monoisotopic (exact) mass is 324 g/mol. The van der Waals surface area contributed by atoms with Gasteiger partial charge in [-0.25, -0.2) is 0 Å². The second-order valence-corrected chi connectivity index (χ2v) is 6.19. The molecule has 1 fully saturated rings. The van der Waals surface area contributed by atoms with Crippen molar-refractivity contribution >= 4 is 5.78 Å². The van der Waals surface area contributed by atoms with Crippen LogP contribution in [0.15, 0.2) is 54.6 Å². The summed E-state index contributed by atoms with van der Waals surface area (Å²) < 4.78 is 5.28. The Morgan fingerprint density at radius 1 is 0.958 bits per heavy atom. The molecule has 0 aromatic heterocycles. The van der Waals surface area contributed by atoms with Crippen LogP contribution in [0, 0.1) is 0 Å². The van der Waals surface area contributed by atoms with Crippen LogP contribution in [0.25, 0.3) is 0 Å². The quantitative estimate of drug-likeness (QED) is 0.765. The highest BCUT2D eigenvalue weighted by atomic mass is 16.5. The number of benzene rings is 2. The Morgan fingerprint density at radius 3 is 2.38 bits per heavy atom. The lowest BCUT2D eigenvalue weighted by atomic mass is 10.1. The van der Waals surface area contributed by atoms with Crippen LogP contribution in [-0.4, -0.2) is 55.4 Å². The Morgan fingerprint density at radius 2 is 1.67 bits per heavy atom. The van der Waals surface area contributed by atoms with Crippen LogP contribution >= 0.6 is 0 Å². The first-order chi connectivity index (χ1) is 11.7. The van der Waals surface area contributed by atoms with Crippen LogP contribution in [0.3, 0.4) is 0 Å². The van der Waals surface area contributed by atoms with Crippen LogP contribution < -0.4 is 4.74 Å². The maximum absolute atomic E-state index is 12.3. The van der Waals surface area contributed by atoms with E-state index in [0.29, 0.717) is 6.54 Å². The van der Waals surface area contributed by atoms with Gasteiger partial charge < -0.3 is 4.74 Å². The molecular formula is C20H24N2O2. The summed E-state index contributed by atoms with van der Waals surface area (Å²) in [7, 11) is 1.70. The topological polar surface area (TPSA) is 32.8 Å². The van der Waals surface area contributed by atoms with Crippen molar-refractivity contribution in [1.82, 2.24) is 9.80 Å². The number of carbonyl (C=O) groups is 1. The van der Waals surface area contributed by atoms with Gasteiger partial charge in [-0.2, -0.15) is 0 Å². The summed E-state index contributed by atoms with van der Waals surface area (Å²) in [5.41, 5.74) is 2.07. The Labute approximate surface area is 143 Å². The molecular weight excluding hydrogens is 300 g/mol. The van der Waals surface area contributed by atoms with E-state index in [1.165, 1.54) is 5.56 Å². The van der Waals surface area contributed by atoms with E-state index >= 15 is 0 Å². The maximum atomic E-state index is 12.3. The van der Waals surface area contributed by atoms with Crippen LogP contribution in [0.1, 0.15) is 15.9 Å². The zero-order valence-electron chi connectivity index (χ0n) is 14.1. The van der Waals surface area contributed by atoms with E-state index in [0.717, 1.165) is 44.0 Å². The third kappa shape index (κ3) is 4.43. The molecule has 0 radical (unpaired) electrons. The third-order valence-corrected chi connectivity index (χ3v) is 4.47. The first kappa shape index (κ1) is 16.7. The summed E-state index contributed by atoms with van der Waals surface area (Å²) in [5, 5.41) is 0. The van der Waals surface area contributed by atoms with E-state index in [4.69, 9.17) is 4.74 Å². The van der Waals surface area contributed by atoms with Gasteiger partial charge in [0.1, 0.15) is 5.75 Å². The van der Waals surface area contributed by atoms with E-state index < -0.39 is 0 Å². The normalized spacial score (nSPS) is 16.0. The van der Waals surface area contributed by atoms with Crippen molar-refractivity contribution in [3.05, 3.63) is 65.7 Å². The average Bonchev–Trinajstić information content (AvgIpc) is 2.64. The van der Waals surface area contributed by atoms with Crippen molar-refractivity contribution in [3.63, 3.8) is 0 Å². The SMILES string of the molecule is COc1cccc(CN2CCN(CC(=O)c3ccccc3)CC2)c1. The number of nitrogens with zero attached hydrogens (tertiary/aromatic N) is 2. The molecule has 126 valence electrons. The summed E-state index contributed by atoms with van der Waals surface area (Å²) >= 11 is 0. The van der Waals surface area contributed by atoms with Gasteiger partial charge in [0.15, 0.2) is 5.78 Å². The molecule has 0 spiro atoms. The fourth-order valence-corrected chi connectivity index (χ4v) is 3.05. The van der Waals surface area contributed by atoms with Crippen molar-refractivity contribution in [3.8, 4) is 5.75 Å². The number of Topliss-reactive ketones (excluding diaryl/α,β-unsaturated/α-hetero) is 1. The summed E-state index contributed by atoms with van der Waals surface area (Å²) in [5.74, 6) is 1.11. The fourth-order valence-electron chi connectivity index (χ4n) is 3.05. The zero-order valence-corrected chi connectivity index (χ0v) is 14.1. The van der Waals surface area contributed by atoms with E-state index in [1.54, 1.807) is 7.11 Å². The van der Waals surface area contributed by atoms with Crippen molar-refractivity contribution in [2.45, 2.75) is 6.54 Å². The lowest BCUT2D eigenvalue weighted by molar-refractivity contribution is 0.0843. The minimum atomic E-state index is 0.205. The number of piperazine rings is 1. The predicted octanol–water partition coefficient (Wildman–Crippen LogP) is 2.70. The molecule has 1 saturated heterocycles. The Kier molecular flexibility index (Phi) is 5.62. The van der Waals surface area contributed by atoms with Gasteiger partial charge in [0.2, 0.25) is 0 Å². The summed E-state index contributed by atoms with van der Waals surface area (Å²) in [6, 6.07) is 17.8. The third-order valence-electron chi connectivity index (χ3n) is 4.47. The minimum absolute atomic E-state index is 0.205. The lowest BCUT2D eigenvalue weighted by Gasteiger charge is -2.34. The van der Waals surface area contributed by atoms with Gasteiger partial charge in [0.25, 0.3) is 0 Å². The highest BCUT2D eigenvalue weighted by Crippen LogP contribution is 2.15. The Balaban J connectivity index is 1.48. The van der Waals surface area contributed by atoms with Gasteiger partial charge in [-0.15, -0.1) is 0 Å². The molecule has 1 aliphatic heterocycles. The molecule has 0 atom stereocenters. The van der Waals surface area contributed by atoms with Crippen molar-refractivity contribution in [1.29, 1.82) is 0 Å². The number of hydrogen-bond acceptors (Lipinski definition) is 4. The second-order valence-electron chi connectivity index (χ2n) is 6.19. The van der Waals surface area contributed by atoms with Crippen molar-refractivity contribution in [2.75, 3.05) is 39.8 Å². The van der Waals surface area contributed by atoms with Crippen molar-refractivity contribution in [2.24, 2.45) is 0 Å². The maximum Gasteiger partial charge on any atom is 0.176 e. The highest BCUT2D eigenvalue weighted by molar-refractivity contribution is 5.97. The minimum Gasteiger partial charge on any atom is -0.497 e. The molecule has 2 aromatic rings. The summed E-state index contributed by atoms with van der Waals surface area (Å²) in [4.78, 5) is 17.0. The molecule has 0 amide bonds. The molecule has 0 N–H and O–H groups in total. The van der Waals surface area contributed by atoms with Crippen LogP contribution in [0.2, 0.25) is 0 Å². The smallest absolute Gasteiger partial charge is 0.176 e. The number of ketones is 1. The molecule has 2 aromatic carbocycles. The summed E-state index contributed by atoms with van der Waals surface area (Å²) in [6.07, 6.45) is 0. The van der Waals surface area contributed by atoms with E-state index in [2.05, 4.69) is 21.9 Å². The van der Waals surface area contributed by atoms with Crippen LogP contribution in [0.5, 0.6) is 5.75 Å². The van der Waals surface area contributed by atoms with Gasteiger partial charge in [0.05, 0.1) is 13.7 Å². The first-order valence-corrected chi connectivity index (χ1v) is 8.40. The molecule has 0 bridgehead atoms. The molecule has 4 heteroatoms. The van der Waals surface area contributed by atoms with Crippen LogP contribution in [0.4, 0.5) is 0 Å². The van der Waals surface area contributed by atoms with Crippen LogP contribution in [-0.2, 0) is 6.54 Å². The standard InChI is InChI=1S/C20H24N2O2/c1-24-19-9-5-6-17(14-19)15-21-10-12-22(13-11-21)16-20(23)18-7-3-2-4-8-18/h2-9,14H,10-13,15-16H2,1H3. The largest absolute Gasteiger partial charge is 0.497 e. The zero-order chi connectivity index (χ0) is 16.8. The predicted molar refractivity (Wildman–Crippen MR) is 95.5 cm³/mol. The highest BCUT2D eigenvalue weighted by Gasteiger charge is 2.19. The van der Waals surface area contributed by atoms with E-state index in [-0.39, 0.29) is 5.78 Å².